The maximum atomic E-state index is 13.3. The molecule has 1 aromatic heterocycles. The molecular formula is C21H19ClF3N5O. The van der Waals surface area contributed by atoms with Crippen LogP contribution in [0.4, 0.5) is 13.2 Å². The van der Waals surface area contributed by atoms with E-state index in [4.69, 9.17) is 11.6 Å². The molecule has 10 heteroatoms. The van der Waals surface area contributed by atoms with E-state index in [-0.39, 0.29) is 17.3 Å². The molecule has 31 heavy (non-hydrogen) atoms. The lowest BCUT2D eigenvalue weighted by Crippen LogP contribution is -2.48. The lowest BCUT2D eigenvalue weighted by molar-refractivity contribution is -0.137. The Morgan fingerprint density at radius 1 is 1.00 bits per heavy atom. The van der Waals surface area contributed by atoms with Gasteiger partial charge in [-0.15, -0.1) is 5.10 Å². The largest absolute Gasteiger partial charge is 0.418 e. The first kappa shape index (κ1) is 21.3. The van der Waals surface area contributed by atoms with E-state index >= 15 is 0 Å². The van der Waals surface area contributed by atoms with E-state index in [2.05, 4.69) is 15.2 Å². The molecule has 1 saturated heterocycles. The number of benzene rings is 2. The second kappa shape index (κ2) is 8.68. The number of hydrogen-bond acceptors (Lipinski definition) is 4. The van der Waals surface area contributed by atoms with E-state index in [0.29, 0.717) is 31.2 Å². The number of amides is 1. The maximum absolute atomic E-state index is 13.3. The van der Waals surface area contributed by atoms with Crippen LogP contribution in [0.2, 0.25) is 5.02 Å². The fourth-order valence-corrected chi connectivity index (χ4v) is 3.64. The number of alkyl halides is 3. The highest BCUT2D eigenvalue weighted by atomic mass is 35.5. The van der Waals surface area contributed by atoms with Crippen LogP contribution in [0.25, 0.3) is 5.69 Å². The second-order valence-electron chi connectivity index (χ2n) is 7.26. The molecule has 1 amide bonds. The minimum atomic E-state index is -4.53. The van der Waals surface area contributed by atoms with Gasteiger partial charge in [0, 0.05) is 37.7 Å². The van der Waals surface area contributed by atoms with E-state index in [9.17, 15) is 18.0 Å². The van der Waals surface area contributed by atoms with Crippen LogP contribution in [-0.2, 0) is 12.7 Å². The third-order valence-electron chi connectivity index (χ3n) is 5.15. The quantitative estimate of drug-likeness (QED) is 0.606. The summed E-state index contributed by atoms with van der Waals surface area (Å²) in [4.78, 5) is 16.7. The van der Waals surface area contributed by atoms with Gasteiger partial charge in [0.2, 0.25) is 0 Å². The summed E-state index contributed by atoms with van der Waals surface area (Å²) in [7, 11) is 0. The van der Waals surface area contributed by atoms with Gasteiger partial charge in [-0.05, 0) is 29.8 Å². The molecule has 0 aliphatic carbocycles. The zero-order valence-electron chi connectivity index (χ0n) is 16.4. The molecule has 2 aromatic carbocycles. The fraction of sp³-hybridized carbons (Fsp3) is 0.286. The number of halogens is 4. The third-order valence-corrected chi connectivity index (χ3v) is 5.40. The number of carbonyl (C=O) groups excluding carboxylic acids is 1. The van der Waals surface area contributed by atoms with Crippen molar-refractivity contribution in [3.8, 4) is 5.69 Å². The van der Waals surface area contributed by atoms with Crippen LogP contribution in [-0.4, -0.2) is 56.9 Å². The van der Waals surface area contributed by atoms with Crippen molar-refractivity contribution >= 4 is 17.5 Å². The number of hydrogen-bond donors (Lipinski definition) is 0. The molecule has 6 nitrogen and oxygen atoms in total. The molecule has 1 fully saturated rings. The molecule has 0 radical (unpaired) electrons. The predicted molar refractivity (Wildman–Crippen MR) is 109 cm³/mol. The van der Waals surface area contributed by atoms with Gasteiger partial charge in [0.05, 0.1) is 17.4 Å². The Morgan fingerprint density at radius 3 is 2.35 bits per heavy atom. The molecule has 3 aromatic rings. The smallest absolute Gasteiger partial charge is 0.335 e. The van der Waals surface area contributed by atoms with Crippen molar-refractivity contribution in [2.45, 2.75) is 12.7 Å². The molecule has 1 aliphatic rings. The zero-order valence-corrected chi connectivity index (χ0v) is 17.1. The molecule has 4 rings (SSSR count). The molecule has 162 valence electrons. The molecule has 2 heterocycles. The minimum absolute atomic E-state index is 0.0168. The van der Waals surface area contributed by atoms with Gasteiger partial charge in [0.1, 0.15) is 0 Å². The van der Waals surface area contributed by atoms with Gasteiger partial charge in [0.25, 0.3) is 5.91 Å². The Hall–Kier alpha value is -2.91. The number of piperazine rings is 1. The molecule has 0 atom stereocenters. The topological polar surface area (TPSA) is 54.3 Å². The average Bonchev–Trinajstić information content (AvgIpc) is 3.25. The van der Waals surface area contributed by atoms with Gasteiger partial charge in [0.15, 0.2) is 5.69 Å². The van der Waals surface area contributed by atoms with Gasteiger partial charge in [-0.25, -0.2) is 4.68 Å². The number of rotatable bonds is 4. The first-order valence-corrected chi connectivity index (χ1v) is 10.0. The van der Waals surface area contributed by atoms with Crippen LogP contribution in [0.3, 0.4) is 0 Å². The highest BCUT2D eigenvalue weighted by Gasteiger charge is 2.34. The number of para-hydroxylation sites is 1. The molecule has 0 spiro atoms. The van der Waals surface area contributed by atoms with Crippen molar-refractivity contribution in [3.05, 3.63) is 76.6 Å². The molecular weight excluding hydrogens is 431 g/mol. The predicted octanol–water partition coefficient (Wildman–Crippen LogP) is 3.90. The van der Waals surface area contributed by atoms with E-state index in [1.54, 1.807) is 4.90 Å². The third kappa shape index (κ3) is 4.88. The van der Waals surface area contributed by atoms with Crippen molar-refractivity contribution in [2.75, 3.05) is 26.2 Å². The van der Waals surface area contributed by atoms with Gasteiger partial charge in [-0.2, -0.15) is 13.2 Å². The second-order valence-corrected chi connectivity index (χ2v) is 7.69. The van der Waals surface area contributed by atoms with E-state index in [1.807, 2.05) is 24.3 Å². The Bertz CT molecular complexity index is 1060. The Morgan fingerprint density at radius 2 is 1.68 bits per heavy atom. The normalized spacial score (nSPS) is 15.3. The Kier molecular flexibility index (Phi) is 5.97. The summed E-state index contributed by atoms with van der Waals surface area (Å²) < 4.78 is 40.8. The summed E-state index contributed by atoms with van der Waals surface area (Å²) in [6.07, 6.45) is -3.29. The summed E-state index contributed by atoms with van der Waals surface area (Å²) in [6.45, 7) is 3.11. The molecule has 0 unspecified atom stereocenters. The van der Waals surface area contributed by atoms with E-state index in [1.165, 1.54) is 24.4 Å². The minimum Gasteiger partial charge on any atom is -0.335 e. The maximum Gasteiger partial charge on any atom is 0.418 e. The van der Waals surface area contributed by atoms with Crippen molar-refractivity contribution in [1.29, 1.82) is 0 Å². The summed E-state index contributed by atoms with van der Waals surface area (Å²) in [5, 5.41) is 8.25. The highest BCUT2D eigenvalue weighted by Crippen LogP contribution is 2.33. The van der Waals surface area contributed by atoms with Gasteiger partial charge in [-0.3, -0.25) is 9.69 Å². The summed E-state index contributed by atoms with van der Waals surface area (Å²) >= 11 is 5.91. The van der Waals surface area contributed by atoms with Crippen LogP contribution in [0, 0.1) is 0 Å². The SMILES string of the molecule is O=C(c1cn(-c2ccccc2C(F)(F)F)nn1)N1CCN(Cc2ccc(Cl)cc2)CC1. The number of nitrogens with zero attached hydrogens (tertiary/aromatic N) is 5. The van der Waals surface area contributed by atoms with Crippen LogP contribution in [0.5, 0.6) is 0 Å². The summed E-state index contributed by atoms with van der Waals surface area (Å²) in [5.41, 5.74) is 0.141. The zero-order chi connectivity index (χ0) is 22.0. The van der Waals surface area contributed by atoms with Gasteiger partial charge in [-0.1, -0.05) is 41.1 Å². The molecule has 1 aliphatic heterocycles. The standard InChI is InChI=1S/C21H19ClF3N5O/c22-16-7-5-15(6-8-16)13-28-9-11-29(12-10-28)20(31)18-14-30(27-26-18)19-4-2-1-3-17(19)21(23,24)25/h1-8,14H,9-13H2. The summed E-state index contributed by atoms with van der Waals surface area (Å²) in [5.74, 6) is -0.345. The van der Waals surface area contributed by atoms with Crippen molar-refractivity contribution in [1.82, 2.24) is 24.8 Å². The van der Waals surface area contributed by atoms with Crippen LogP contribution in [0.1, 0.15) is 21.6 Å². The number of carbonyl (C=O) groups is 1. The monoisotopic (exact) mass is 449 g/mol. The molecule has 0 saturated carbocycles. The lowest BCUT2D eigenvalue weighted by Gasteiger charge is -2.34. The first-order chi connectivity index (χ1) is 14.8. The van der Waals surface area contributed by atoms with Gasteiger partial charge < -0.3 is 4.90 Å². The molecule has 0 bridgehead atoms. The van der Waals surface area contributed by atoms with Crippen molar-refractivity contribution in [3.63, 3.8) is 0 Å². The first-order valence-electron chi connectivity index (χ1n) is 9.66. The Labute approximate surface area is 181 Å². The van der Waals surface area contributed by atoms with Crippen molar-refractivity contribution in [2.24, 2.45) is 0 Å². The van der Waals surface area contributed by atoms with Crippen molar-refractivity contribution < 1.29 is 18.0 Å². The van der Waals surface area contributed by atoms with E-state index < -0.39 is 11.7 Å². The summed E-state index contributed by atoms with van der Waals surface area (Å²) in [6, 6.07) is 12.7. The van der Waals surface area contributed by atoms with Crippen LogP contribution < -0.4 is 0 Å². The Balaban J connectivity index is 1.41. The fourth-order valence-electron chi connectivity index (χ4n) is 3.51. The highest BCUT2D eigenvalue weighted by molar-refractivity contribution is 6.30. The van der Waals surface area contributed by atoms with E-state index in [0.717, 1.165) is 22.9 Å². The lowest BCUT2D eigenvalue weighted by atomic mass is 10.1. The van der Waals surface area contributed by atoms with Crippen LogP contribution >= 0.6 is 11.6 Å². The molecule has 0 N–H and O–H groups in total. The number of aromatic nitrogens is 3. The van der Waals surface area contributed by atoms with Gasteiger partial charge >= 0.3 is 6.18 Å². The van der Waals surface area contributed by atoms with Crippen LogP contribution in [0.15, 0.2) is 54.7 Å². The average molecular weight is 450 g/mol.